The van der Waals surface area contributed by atoms with Crippen LogP contribution in [0.5, 0.6) is 5.75 Å². The molecule has 0 aromatic heterocycles. The minimum atomic E-state index is -4.17. The molecule has 2 amide bonds. The van der Waals surface area contributed by atoms with Crippen LogP contribution in [0.3, 0.4) is 0 Å². The van der Waals surface area contributed by atoms with Crippen LogP contribution in [0.25, 0.3) is 0 Å². The number of carbonyl (C=O) groups is 2. The Morgan fingerprint density at radius 1 is 0.872 bits per heavy atom. The highest BCUT2D eigenvalue weighted by Crippen LogP contribution is 2.32. The van der Waals surface area contributed by atoms with Gasteiger partial charge in [-0.05, 0) is 64.4 Å². The first-order valence-electron chi connectivity index (χ1n) is 12.8. The zero-order valence-electron chi connectivity index (χ0n) is 23.3. The molecule has 1 atom stereocenters. The van der Waals surface area contributed by atoms with Gasteiger partial charge in [0.05, 0.1) is 17.7 Å². The SMILES string of the molecule is COc1ccccc1N(CC(=O)N(Cc1ccc(C)cc1)[C@@H](C)C(=O)NC(C)C)S(=O)(=O)c1ccc(C)cc1. The number of nitrogens with one attached hydrogen (secondary N) is 1. The van der Waals surface area contributed by atoms with Gasteiger partial charge in [0.2, 0.25) is 11.8 Å². The second-order valence-electron chi connectivity index (χ2n) is 9.84. The number of para-hydroxylation sites is 2. The Balaban J connectivity index is 2.06. The number of aryl methyl sites for hydroxylation is 2. The van der Waals surface area contributed by atoms with Gasteiger partial charge in [0.1, 0.15) is 18.3 Å². The first-order valence-corrected chi connectivity index (χ1v) is 14.3. The van der Waals surface area contributed by atoms with Crippen molar-refractivity contribution < 1.29 is 22.7 Å². The largest absolute Gasteiger partial charge is 0.495 e. The monoisotopic (exact) mass is 551 g/mol. The fraction of sp³-hybridized carbons (Fsp3) is 0.333. The van der Waals surface area contributed by atoms with Gasteiger partial charge in [-0.15, -0.1) is 0 Å². The minimum Gasteiger partial charge on any atom is -0.495 e. The Bertz CT molecular complexity index is 1390. The number of nitrogens with zero attached hydrogens (tertiary/aromatic N) is 2. The molecule has 0 fully saturated rings. The number of anilines is 1. The van der Waals surface area contributed by atoms with Crippen LogP contribution in [0.2, 0.25) is 0 Å². The first-order chi connectivity index (χ1) is 18.4. The molecule has 3 aromatic carbocycles. The lowest BCUT2D eigenvalue weighted by Crippen LogP contribution is -2.52. The molecular formula is C30H37N3O5S. The number of hydrogen-bond donors (Lipinski definition) is 1. The van der Waals surface area contributed by atoms with Gasteiger partial charge in [-0.1, -0.05) is 59.7 Å². The lowest BCUT2D eigenvalue weighted by Gasteiger charge is -2.32. The number of sulfonamides is 1. The van der Waals surface area contributed by atoms with Crippen LogP contribution < -0.4 is 14.4 Å². The van der Waals surface area contributed by atoms with Gasteiger partial charge in [-0.25, -0.2) is 8.42 Å². The average molecular weight is 552 g/mol. The predicted octanol–water partition coefficient (Wildman–Crippen LogP) is 4.45. The summed E-state index contributed by atoms with van der Waals surface area (Å²) < 4.78 is 34.4. The normalized spacial score (nSPS) is 12.1. The van der Waals surface area contributed by atoms with E-state index in [1.165, 1.54) is 24.1 Å². The van der Waals surface area contributed by atoms with E-state index in [1.54, 1.807) is 43.3 Å². The zero-order chi connectivity index (χ0) is 28.7. The van der Waals surface area contributed by atoms with Crippen molar-refractivity contribution in [2.24, 2.45) is 0 Å². The molecule has 0 spiro atoms. The van der Waals surface area contributed by atoms with Crippen molar-refractivity contribution in [1.29, 1.82) is 0 Å². The summed E-state index contributed by atoms with van der Waals surface area (Å²) in [5.74, 6) is -0.545. The molecule has 3 rings (SSSR count). The lowest BCUT2D eigenvalue weighted by molar-refractivity contribution is -0.139. The number of carbonyl (C=O) groups excluding carboxylic acids is 2. The van der Waals surface area contributed by atoms with E-state index in [9.17, 15) is 18.0 Å². The van der Waals surface area contributed by atoms with Crippen LogP contribution in [0.15, 0.2) is 77.7 Å². The van der Waals surface area contributed by atoms with Crippen molar-refractivity contribution in [2.75, 3.05) is 18.0 Å². The number of ether oxygens (including phenoxy) is 1. The Labute approximate surface area is 231 Å². The van der Waals surface area contributed by atoms with Crippen LogP contribution in [0, 0.1) is 13.8 Å². The highest BCUT2D eigenvalue weighted by Gasteiger charge is 2.33. The smallest absolute Gasteiger partial charge is 0.264 e. The fourth-order valence-corrected chi connectivity index (χ4v) is 5.49. The average Bonchev–Trinajstić information content (AvgIpc) is 2.90. The van der Waals surface area contributed by atoms with E-state index in [0.717, 1.165) is 21.0 Å². The third kappa shape index (κ3) is 7.38. The molecule has 0 saturated carbocycles. The van der Waals surface area contributed by atoms with E-state index in [2.05, 4.69) is 5.32 Å². The molecule has 39 heavy (non-hydrogen) atoms. The minimum absolute atomic E-state index is 0.0440. The van der Waals surface area contributed by atoms with Gasteiger partial charge in [-0.2, -0.15) is 0 Å². The van der Waals surface area contributed by atoms with E-state index < -0.39 is 28.5 Å². The molecule has 0 radical (unpaired) electrons. The Hall–Kier alpha value is -3.85. The van der Waals surface area contributed by atoms with Crippen molar-refractivity contribution in [1.82, 2.24) is 10.2 Å². The number of amides is 2. The summed E-state index contributed by atoms with van der Waals surface area (Å²) in [7, 11) is -2.73. The van der Waals surface area contributed by atoms with Crippen LogP contribution in [0.4, 0.5) is 5.69 Å². The maximum absolute atomic E-state index is 14.0. The molecule has 0 unspecified atom stereocenters. The first kappa shape index (κ1) is 29.7. The number of rotatable bonds is 11. The van der Waals surface area contributed by atoms with Gasteiger partial charge in [0.25, 0.3) is 10.0 Å². The maximum atomic E-state index is 14.0. The Kier molecular flexibility index (Phi) is 9.75. The summed E-state index contributed by atoms with van der Waals surface area (Å²) in [6.07, 6.45) is 0. The predicted molar refractivity (Wildman–Crippen MR) is 153 cm³/mol. The van der Waals surface area contributed by atoms with Gasteiger partial charge < -0.3 is 15.0 Å². The standard InChI is InChI=1S/C30H37N3O5S/c1-21(2)31-30(35)24(5)32(19-25-15-11-22(3)12-16-25)29(34)20-33(27-9-7-8-10-28(27)38-6)39(36,37)26-17-13-23(4)14-18-26/h7-18,21,24H,19-20H2,1-6H3,(H,31,35)/t24-/m0/s1. The van der Waals surface area contributed by atoms with E-state index in [0.29, 0.717) is 5.75 Å². The molecular weight excluding hydrogens is 514 g/mol. The van der Waals surface area contributed by atoms with Gasteiger partial charge >= 0.3 is 0 Å². The number of methoxy groups -OCH3 is 1. The summed E-state index contributed by atoms with van der Waals surface area (Å²) in [5, 5.41) is 2.85. The number of benzene rings is 3. The molecule has 8 nitrogen and oxygen atoms in total. The highest BCUT2D eigenvalue weighted by atomic mass is 32.2. The third-order valence-electron chi connectivity index (χ3n) is 6.31. The van der Waals surface area contributed by atoms with Crippen molar-refractivity contribution in [3.63, 3.8) is 0 Å². The zero-order valence-corrected chi connectivity index (χ0v) is 24.2. The quantitative estimate of drug-likeness (QED) is 0.380. The van der Waals surface area contributed by atoms with E-state index in [4.69, 9.17) is 4.74 Å². The lowest BCUT2D eigenvalue weighted by atomic mass is 10.1. The molecule has 0 aliphatic carbocycles. The summed E-state index contributed by atoms with van der Waals surface area (Å²) in [4.78, 5) is 28.4. The summed E-state index contributed by atoms with van der Waals surface area (Å²) in [6, 6.07) is 19.8. The van der Waals surface area contributed by atoms with Crippen molar-refractivity contribution in [3.8, 4) is 5.75 Å². The molecule has 0 aliphatic rings. The van der Waals surface area contributed by atoms with Crippen LogP contribution in [0.1, 0.15) is 37.5 Å². The third-order valence-corrected chi connectivity index (χ3v) is 8.09. The van der Waals surface area contributed by atoms with Crippen molar-refractivity contribution >= 4 is 27.5 Å². The molecule has 0 bridgehead atoms. The van der Waals surface area contributed by atoms with E-state index >= 15 is 0 Å². The van der Waals surface area contributed by atoms with Crippen LogP contribution in [-0.2, 0) is 26.2 Å². The summed E-state index contributed by atoms with van der Waals surface area (Å²) >= 11 is 0. The molecule has 9 heteroatoms. The molecule has 0 heterocycles. The second-order valence-corrected chi connectivity index (χ2v) is 11.7. The van der Waals surface area contributed by atoms with Gasteiger partial charge in [0.15, 0.2) is 0 Å². The molecule has 208 valence electrons. The second kappa shape index (κ2) is 12.8. The van der Waals surface area contributed by atoms with Crippen LogP contribution in [-0.4, -0.2) is 50.9 Å². The van der Waals surface area contributed by atoms with E-state index in [1.807, 2.05) is 52.0 Å². The maximum Gasteiger partial charge on any atom is 0.264 e. The molecule has 0 saturated heterocycles. The summed E-state index contributed by atoms with van der Waals surface area (Å²) in [5.41, 5.74) is 3.02. The van der Waals surface area contributed by atoms with E-state index in [-0.39, 0.29) is 29.1 Å². The Morgan fingerprint density at radius 2 is 1.44 bits per heavy atom. The van der Waals surface area contributed by atoms with Gasteiger partial charge in [0, 0.05) is 12.6 Å². The van der Waals surface area contributed by atoms with Crippen molar-refractivity contribution in [2.45, 2.75) is 58.1 Å². The molecule has 3 aromatic rings. The number of hydrogen-bond acceptors (Lipinski definition) is 5. The molecule has 1 N–H and O–H groups in total. The Morgan fingerprint density at radius 3 is 2.00 bits per heavy atom. The fourth-order valence-electron chi connectivity index (χ4n) is 4.06. The molecule has 0 aliphatic heterocycles. The summed E-state index contributed by atoms with van der Waals surface area (Å²) in [6.45, 7) is 8.77. The van der Waals surface area contributed by atoms with Crippen molar-refractivity contribution in [3.05, 3.63) is 89.5 Å². The van der Waals surface area contributed by atoms with Crippen LogP contribution >= 0.6 is 0 Å². The van der Waals surface area contributed by atoms with Gasteiger partial charge in [-0.3, -0.25) is 13.9 Å². The highest BCUT2D eigenvalue weighted by molar-refractivity contribution is 7.92. The topological polar surface area (TPSA) is 96.0 Å².